The summed E-state index contributed by atoms with van der Waals surface area (Å²) in [7, 11) is 6.78. The monoisotopic (exact) mass is 337 g/mol. The minimum Gasteiger partial charge on any atom is -0.378 e. The Balaban J connectivity index is 0.00000176. The first-order valence-corrected chi connectivity index (χ1v) is 7.94. The largest absolute Gasteiger partial charge is 0.378 e. The maximum absolute atomic E-state index is 12.9. The first-order valence-electron chi connectivity index (χ1n) is 6.79. The van der Waals surface area contributed by atoms with E-state index < -0.39 is 10.8 Å². The lowest BCUT2D eigenvalue weighted by molar-refractivity contribution is 0.683. The number of benzene rings is 2. The van der Waals surface area contributed by atoms with Crippen molar-refractivity contribution in [3.05, 3.63) is 36.4 Å². The molecule has 0 radical (unpaired) electrons. The molecule has 0 aromatic heterocycles. The fourth-order valence-corrected chi connectivity index (χ4v) is 3.69. The predicted octanol–water partition coefficient (Wildman–Crippen LogP) is 3.46. The Morgan fingerprint density at radius 3 is 1.59 bits per heavy atom. The van der Waals surface area contributed by atoms with Gasteiger partial charge in [-0.25, -0.2) is 4.21 Å². The van der Waals surface area contributed by atoms with Gasteiger partial charge in [-0.1, -0.05) is 0 Å². The van der Waals surface area contributed by atoms with Crippen molar-refractivity contribution in [2.24, 2.45) is 0 Å². The van der Waals surface area contributed by atoms with Gasteiger partial charge in [0.25, 0.3) is 0 Å². The Morgan fingerprint density at radius 1 is 0.818 bits per heavy atom. The molecule has 0 bridgehead atoms. The second-order valence-electron chi connectivity index (χ2n) is 5.54. The highest BCUT2D eigenvalue weighted by Gasteiger charge is 2.23. The molecule has 2 aromatic carbocycles. The van der Waals surface area contributed by atoms with Crippen molar-refractivity contribution in [2.45, 2.75) is 9.79 Å². The lowest BCUT2D eigenvalue weighted by Gasteiger charge is -2.24. The third-order valence-corrected chi connectivity index (χ3v) is 5.11. The molecule has 0 spiro atoms. The fraction of sp³-hybridized carbons (Fsp3) is 0.250. The second kappa shape index (κ2) is 6.18. The van der Waals surface area contributed by atoms with E-state index in [9.17, 15) is 4.21 Å². The average Bonchev–Trinajstić information content (AvgIpc) is 2.46. The Morgan fingerprint density at radius 2 is 1.23 bits per heavy atom. The second-order valence-corrected chi connectivity index (χ2v) is 6.96. The molecule has 3 rings (SSSR count). The van der Waals surface area contributed by atoms with E-state index in [2.05, 4.69) is 5.32 Å². The molecule has 22 heavy (non-hydrogen) atoms. The van der Waals surface area contributed by atoms with Crippen LogP contribution in [0, 0.1) is 0 Å². The summed E-state index contributed by atoms with van der Waals surface area (Å²) in [6.45, 7) is 0. The van der Waals surface area contributed by atoms with Crippen LogP contribution >= 0.6 is 12.4 Å². The van der Waals surface area contributed by atoms with E-state index in [1.165, 1.54) is 0 Å². The molecule has 1 N–H and O–H groups in total. The first kappa shape index (κ1) is 16.6. The van der Waals surface area contributed by atoms with E-state index in [0.717, 1.165) is 32.5 Å². The van der Waals surface area contributed by atoms with Crippen molar-refractivity contribution in [1.29, 1.82) is 0 Å². The van der Waals surface area contributed by atoms with Crippen molar-refractivity contribution < 1.29 is 4.21 Å². The molecule has 0 amide bonds. The molecule has 1 aliphatic rings. The highest BCUT2D eigenvalue weighted by molar-refractivity contribution is 7.85. The molecule has 1 aliphatic heterocycles. The molecule has 6 heteroatoms. The summed E-state index contributed by atoms with van der Waals surface area (Å²) in [4.78, 5) is 5.71. The summed E-state index contributed by atoms with van der Waals surface area (Å²) >= 11 is 0. The van der Waals surface area contributed by atoms with E-state index in [4.69, 9.17) is 0 Å². The van der Waals surface area contributed by atoms with Crippen LogP contribution < -0.4 is 15.1 Å². The maximum Gasteiger partial charge on any atom is 0.0893 e. The van der Waals surface area contributed by atoms with Gasteiger partial charge in [0.05, 0.1) is 32.0 Å². The van der Waals surface area contributed by atoms with Gasteiger partial charge in [-0.05, 0) is 36.4 Å². The van der Waals surface area contributed by atoms with Gasteiger partial charge in [0, 0.05) is 39.6 Å². The van der Waals surface area contributed by atoms with Crippen LogP contribution in [0.5, 0.6) is 0 Å². The minimum atomic E-state index is -1.16. The zero-order valence-corrected chi connectivity index (χ0v) is 14.7. The summed E-state index contributed by atoms with van der Waals surface area (Å²) in [6, 6.07) is 12.0. The third kappa shape index (κ3) is 2.78. The number of nitrogens with zero attached hydrogens (tertiary/aromatic N) is 2. The van der Waals surface area contributed by atoms with Crippen molar-refractivity contribution in [1.82, 2.24) is 0 Å². The highest BCUT2D eigenvalue weighted by Crippen LogP contribution is 2.39. The van der Waals surface area contributed by atoms with Crippen LogP contribution in [0.4, 0.5) is 22.7 Å². The van der Waals surface area contributed by atoms with Crippen LogP contribution in [0.15, 0.2) is 46.2 Å². The van der Waals surface area contributed by atoms with Gasteiger partial charge in [-0.15, -0.1) is 12.4 Å². The molecule has 0 fully saturated rings. The Hall–Kier alpha value is -1.72. The van der Waals surface area contributed by atoms with Gasteiger partial charge in [0.15, 0.2) is 0 Å². The summed E-state index contributed by atoms with van der Waals surface area (Å²) in [5.74, 6) is 0. The van der Waals surface area contributed by atoms with Gasteiger partial charge < -0.3 is 15.1 Å². The van der Waals surface area contributed by atoms with E-state index >= 15 is 0 Å². The van der Waals surface area contributed by atoms with Crippen molar-refractivity contribution in [2.75, 3.05) is 43.3 Å². The predicted molar refractivity (Wildman–Crippen MR) is 96.7 cm³/mol. The number of anilines is 4. The zero-order valence-electron chi connectivity index (χ0n) is 13.1. The maximum atomic E-state index is 12.9. The number of hydrogen-bond acceptors (Lipinski definition) is 4. The number of halogens is 1. The number of rotatable bonds is 2. The summed E-state index contributed by atoms with van der Waals surface area (Å²) in [6.07, 6.45) is 0. The molecular weight excluding hydrogens is 318 g/mol. The number of fused-ring (bicyclic) bond motifs is 2. The Bertz CT molecular complexity index is 672. The molecule has 0 atom stereocenters. The normalized spacial score (nSPS) is 12.5. The van der Waals surface area contributed by atoms with E-state index in [1.807, 2.05) is 74.4 Å². The van der Waals surface area contributed by atoms with Gasteiger partial charge in [-0.3, -0.25) is 0 Å². The number of hydrogen-bond donors (Lipinski definition) is 1. The summed E-state index contributed by atoms with van der Waals surface area (Å²) in [5, 5.41) is 3.37. The van der Waals surface area contributed by atoms with E-state index in [0.29, 0.717) is 0 Å². The molecule has 2 aromatic rings. The van der Waals surface area contributed by atoms with Crippen LogP contribution in [-0.4, -0.2) is 32.4 Å². The summed E-state index contributed by atoms with van der Waals surface area (Å²) < 4.78 is 12.9. The molecule has 118 valence electrons. The Labute approximate surface area is 140 Å². The van der Waals surface area contributed by atoms with Crippen LogP contribution in [-0.2, 0) is 10.8 Å². The van der Waals surface area contributed by atoms with Gasteiger partial charge in [-0.2, -0.15) is 0 Å². The van der Waals surface area contributed by atoms with Crippen LogP contribution in [0.3, 0.4) is 0 Å². The van der Waals surface area contributed by atoms with Crippen LogP contribution in [0.2, 0.25) is 0 Å². The first-order chi connectivity index (χ1) is 9.97. The average molecular weight is 338 g/mol. The lowest BCUT2D eigenvalue weighted by Crippen LogP contribution is -2.14. The molecule has 0 aliphatic carbocycles. The molecule has 0 saturated carbocycles. The van der Waals surface area contributed by atoms with Gasteiger partial charge in [0.2, 0.25) is 0 Å². The molecule has 0 unspecified atom stereocenters. The third-order valence-electron chi connectivity index (χ3n) is 3.63. The van der Waals surface area contributed by atoms with Crippen molar-refractivity contribution in [3.8, 4) is 0 Å². The van der Waals surface area contributed by atoms with Gasteiger partial charge in [0.1, 0.15) is 0 Å². The fourth-order valence-electron chi connectivity index (χ4n) is 2.36. The molecule has 4 nitrogen and oxygen atoms in total. The molecule has 0 saturated heterocycles. The van der Waals surface area contributed by atoms with Crippen molar-refractivity contribution >= 4 is 46.0 Å². The molecular formula is C16H20ClN3OS. The lowest BCUT2D eigenvalue weighted by atomic mass is 10.2. The van der Waals surface area contributed by atoms with Gasteiger partial charge >= 0.3 is 0 Å². The van der Waals surface area contributed by atoms with Crippen LogP contribution in [0.1, 0.15) is 0 Å². The van der Waals surface area contributed by atoms with E-state index in [1.54, 1.807) is 0 Å². The highest BCUT2D eigenvalue weighted by atomic mass is 35.5. The van der Waals surface area contributed by atoms with Crippen molar-refractivity contribution in [3.63, 3.8) is 0 Å². The smallest absolute Gasteiger partial charge is 0.0893 e. The van der Waals surface area contributed by atoms with Crippen LogP contribution in [0.25, 0.3) is 0 Å². The minimum absolute atomic E-state index is 0. The Kier molecular flexibility index (Phi) is 4.68. The van der Waals surface area contributed by atoms with E-state index in [-0.39, 0.29) is 12.4 Å². The topological polar surface area (TPSA) is 35.6 Å². The zero-order chi connectivity index (χ0) is 15.1. The number of nitrogens with one attached hydrogen (secondary N) is 1. The SMILES string of the molecule is CN(C)c1ccc2c(c1)S(=O)c1cc(N(C)C)ccc1N2.Cl. The standard InChI is InChI=1S/C16H19N3OS.ClH/c1-18(2)11-5-7-13-15(9-11)21(20)16-10-12(19(3)4)6-8-14(16)17-13;/h5-10,17H,1-4H3;1H. The summed E-state index contributed by atoms with van der Waals surface area (Å²) in [5.41, 5.74) is 3.94. The quantitative estimate of drug-likeness (QED) is 0.776. The molecule has 1 heterocycles.